The fourth-order valence-corrected chi connectivity index (χ4v) is 5.96. The molecule has 35 heavy (non-hydrogen) atoms. The first-order valence-electron chi connectivity index (χ1n) is 11.6. The summed E-state index contributed by atoms with van der Waals surface area (Å²) in [6.07, 6.45) is 2.98. The number of benzene rings is 2. The normalized spacial score (nSPS) is 24.5. The predicted molar refractivity (Wildman–Crippen MR) is 134 cm³/mol. The number of fused-ring (bicyclic) bond motifs is 5. The van der Waals surface area contributed by atoms with Crippen molar-refractivity contribution in [3.8, 4) is 0 Å². The molecule has 1 N–H and O–H groups in total. The Balaban J connectivity index is 1.25. The Morgan fingerprint density at radius 3 is 2.46 bits per heavy atom. The highest BCUT2D eigenvalue weighted by molar-refractivity contribution is 9.10. The second-order valence-electron chi connectivity index (χ2n) is 9.58. The van der Waals surface area contributed by atoms with Gasteiger partial charge in [-0.15, -0.1) is 0 Å². The van der Waals surface area contributed by atoms with Crippen molar-refractivity contribution in [1.82, 2.24) is 0 Å². The lowest BCUT2D eigenvalue weighted by Gasteiger charge is -2.19. The maximum atomic E-state index is 13.2. The van der Waals surface area contributed by atoms with Crippen molar-refractivity contribution in [3.63, 3.8) is 0 Å². The molecule has 0 spiro atoms. The van der Waals surface area contributed by atoms with Gasteiger partial charge in [-0.1, -0.05) is 33.6 Å². The van der Waals surface area contributed by atoms with Gasteiger partial charge in [-0.3, -0.25) is 14.4 Å². The van der Waals surface area contributed by atoms with E-state index in [1.54, 1.807) is 12.1 Å². The summed E-state index contributed by atoms with van der Waals surface area (Å²) in [5.74, 6) is -1.99. The average Bonchev–Trinajstić information content (AvgIpc) is 3.46. The molecule has 2 aromatic rings. The fourth-order valence-electron chi connectivity index (χ4n) is 5.73. The van der Waals surface area contributed by atoms with Crippen molar-refractivity contribution in [2.24, 2.45) is 23.7 Å². The van der Waals surface area contributed by atoms with Gasteiger partial charge >= 0.3 is 5.97 Å². The van der Waals surface area contributed by atoms with E-state index >= 15 is 0 Å². The molecule has 4 atom stereocenters. The molecule has 1 saturated heterocycles. The van der Waals surface area contributed by atoms with Crippen LogP contribution in [-0.4, -0.2) is 30.3 Å². The van der Waals surface area contributed by atoms with E-state index in [0.717, 1.165) is 22.0 Å². The van der Waals surface area contributed by atoms with Gasteiger partial charge in [0, 0.05) is 10.2 Å². The highest BCUT2D eigenvalue weighted by Crippen LogP contribution is 2.55. The molecule has 180 valence electrons. The van der Waals surface area contributed by atoms with E-state index in [2.05, 4.69) is 27.3 Å². The van der Waals surface area contributed by atoms with Crippen LogP contribution >= 0.6 is 15.9 Å². The van der Waals surface area contributed by atoms with Crippen LogP contribution in [0, 0.1) is 37.5 Å². The molecule has 1 saturated carbocycles. The molecule has 0 radical (unpaired) electrons. The second kappa shape index (κ2) is 8.75. The van der Waals surface area contributed by atoms with Crippen LogP contribution < -0.4 is 10.2 Å². The maximum absolute atomic E-state index is 13.2. The van der Waals surface area contributed by atoms with Crippen LogP contribution in [-0.2, 0) is 19.1 Å². The SMILES string of the molecule is CC1=C[C@H]2C[C@H]1[C@H]1C(=O)N(c3cccc(C(=O)OCC(=O)Nc4cc(C)c(Br)c(C)c4)c3)C(=O)[C@H]12. The molecule has 1 heterocycles. The summed E-state index contributed by atoms with van der Waals surface area (Å²) in [7, 11) is 0. The van der Waals surface area contributed by atoms with Gasteiger partial charge in [0.25, 0.3) is 5.91 Å². The quantitative estimate of drug-likeness (QED) is 0.343. The molecule has 2 aromatic carbocycles. The van der Waals surface area contributed by atoms with Crippen LogP contribution in [0.2, 0.25) is 0 Å². The molecular formula is C27H25BrN2O5. The van der Waals surface area contributed by atoms with Crippen LogP contribution in [0.25, 0.3) is 0 Å². The number of imide groups is 1. The maximum Gasteiger partial charge on any atom is 0.338 e. The number of amides is 3. The van der Waals surface area contributed by atoms with E-state index in [9.17, 15) is 19.2 Å². The third-order valence-electron chi connectivity index (χ3n) is 7.28. The van der Waals surface area contributed by atoms with E-state index in [-0.39, 0.29) is 41.0 Å². The Kier molecular flexibility index (Phi) is 5.87. The number of carbonyl (C=O) groups excluding carboxylic acids is 4. The monoisotopic (exact) mass is 536 g/mol. The summed E-state index contributed by atoms with van der Waals surface area (Å²) in [6.45, 7) is 5.40. The van der Waals surface area contributed by atoms with Gasteiger partial charge in [-0.2, -0.15) is 0 Å². The number of ether oxygens (including phenoxy) is 1. The molecule has 0 aromatic heterocycles. The zero-order chi connectivity index (χ0) is 25.0. The molecule has 8 heteroatoms. The largest absolute Gasteiger partial charge is 0.452 e. The third-order valence-corrected chi connectivity index (χ3v) is 8.53. The number of aryl methyl sites for hydroxylation is 2. The number of rotatable bonds is 5. The van der Waals surface area contributed by atoms with Gasteiger partial charge in [-0.05, 0) is 80.5 Å². The van der Waals surface area contributed by atoms with Gasteiger partial charge in [0.1, 0.15) is 0 Å². The molecule has 2 aliphatic carbocycles. The number of allylic oxidation sites excluding steroid dienone is 2. The lowest BCUT2D eigenvalue weighted by molar-refractivity contribution is -0.123. The highest BCUT2D eigenvalue weighted by atomic mass is 79.9. The molecule has 5 rings (SSSR count). The summed E-state index contributed by atoms with van der Waals surface area (Å²) < 4.78 is 6.17. The standard InChI is InChI=1S/C27H25BrN2O5/c1-13-7-17-11-20(13)23-22(17)25(32)30(26(23)33)19-6-4-5-16(10-19)27(34)35-12-21(31)29-18-8-14(2)24(28)15(3)9-18/h4-10,17,20,22-23H,11-12H2,1-3H3,(H,29,31)/t17-,20+,22-,23+/m0/s1. The summed E-state index contributed by atoms with van der Waals surface area (Å²) in [4.78, 5) is 52.5. The van der Waals surface area contributed by atoms with E-state index < -0.39 is 18.5 Å². The zero-order valence-electron chi connectivity index (χ0n) is 19.6. The minimum atomic E-state index is -0.706. The molecule has 3 aliphatic rings. The zero-order valence-corrected chi connectivity index (χ0v) is 21.2. The van der Waals surface area contributed by atoms with E-state index in [0.29, 0.717) is 11.4 Å². The lowest BCUT2D eigenvalue weighted by atomic mass is 9.82. The van der Waals surface area contributed by atoms with Crippen molar-refractivity contribution < 1.29 is 23.9 Å². The number of anilines is 2. The molecule has 7 nitrogen and oxygen atoms in total. The topological polar surface area (TPSA) is 92.8 Å². The summed E-state index contributed by atoms with van der Waals surface area (Å²) in [6, 6.07) is 9.89. The number of hydrogen-bond acceptors (Lipinski definition) is 5. The van der Waals surface area contributed by atoms with Crippen molar-refractivity contribution in [2.75, 3.05) is 16.8 Å². The van der Waals surface area contributed by atoms with Gasteiger partial charge in [0.2, 0.25) is 11.8 Å². The molecule has 3 amide bonds. The Morgan fingerprint density at radius 2 is 1.74 bits per heavy atom. The highest BCUT2D eigenvalue weighted by Gasteiger charge is 2.60. The number of carbonyl (C=O) groups is 4. The lowest BCUT2D eigenvalue weighted by Crippen LogP contribution is -2.33. The Labute approximate surface area is 211 Å². The smallest absolute Gasteiger partial charge is 0.338 e. The average molecular weight is 537 g/mol. The molecular weight excluding hydrogens is 512 g/mol. The third kappa shape index (κ3) is 3.99. The van der Waals surface area contributed by atoms with Crippen LogP contribution in [0.5, 0.6) is 0 Å². The summed E-state index contributed by atoms with van der Waals surface area (Å²) in [5, 5.41) is 2.73. The number of nitrogens with zero attached hydrogens (tertiary/aromatic N) is 1. The van der Waals surface area contributed by atoms with Crippen molar-refractivity contribution >= 4 is 51.0 Å². The van der Waals surface area contributed by atoms with Crippen molar-refractivity contribution in [1.29, 1.82) is 0 Å². The van der Waals surface area contributed by atoms with Crippen LogP contribution in [0.3, 0.4) is 0 Å². The second-order valence-corrected chi connectivity index (χ2v) is 10.4. The van der Waals surface area contributed by atoms with Crippen LogP contribution in [0.15, 0.2) is 52.5 Å². The molecule has 0 unspecified atom stereocenters. The Morgan fingerprint density at radius 1 is 1.06 bits per heavy atom. The van der Waals surface area contributed by atoms with Crippen LogP contribution in [0.4, 0.5) is 11.4 Å². The Bertz CT molecular complexity index is 1290. The van der Waals surface area contributed by atoms with E-state index in [1.807, 2.05) is 32.9 Å². The fraction of sp³-hybridized carbons (Fsp3) is 0.333. The first-order chi connectivity index (χ1) is 16.7. The van der Waals surface area contributed by atoms with E-state index in [4.69, 9.17) is 4.74 Å². The van der Waals surface area contributed by atoms with Gasteiger partial charge in [0.05, 0.1) is 23.1 Å². The number of nitrogens with one attached hydrogen (secondary N) is 1. The van der Waals surface area contributed by atoms with E-state index in [1.165, 1.54) is 22.6 Å². The molecule has 2 fully saturated rings. The number of esters is 1. The van der Waals surface area contributed by atoms with Crippen molar-refractivity contribution in [2.45, 2.75) is 27.2 Å². The van der Waals surface area contributed by atoms with Gasteiger partial charge in [0.15, 0.2) is 6.61 Å². The minimum Gasteiger partial charge on any atom is -0.452 e. The Hall–Kier alpha value is -3.26. The van der Waals surface area contributed by atoms with Crippen molar-refractivity contribution in [3.05, 3.63) is 69.2 Å². The molecule has 2 bridgehead atoms. The number of halogens is 1. The predicted octanol–water partition coefficient (Wildman–Crippen LogP) is 4.56. The first-order valence-corrected chi connectivity index (χ1v) is 12.3. The van der Waals surface area contributed by atoms with Crippen LogP contribution in [0.1, 0.15) is 34.8 Å². The minimum absolute atomic E-state index is 0.108. The summed E-state index contributed by atoms with van der Waals surface area (Å²) in [5.41, 5.74) is 4.27. The molecule has 1 aliphatic heterocycles. The van der Waals surface area contributed by atoms with Gasteiger partial charge < -0.3 is 10.1 Å². The number of hydrogen-bond donors (Lipinski definition) is 1. The van der Waals surface area contributed by atoms with Gasteiger partial charge in [-0.25, -0.2) is 9.69 Å². The first kappa shape index (κ1) is 23.5. The summed E-state index contributed by atoms with van der Waals surface area (Å²) >= 11 is 3.49.